The van der Waals surface area contributed by atoms with Crippen molar-refractivity contribution in [2.24, 2.45) is 0 Å². The molecule has 7 nitrogen and oxygen atoms in total. The van der Waals surface area contributed by atoms with Crippen LogP contribution in [0.5, 0.6) is 0 Å². The summed E-state index contributed by atoms with van der Waals surface area (Å²) in [6, 6.07) is 3.34. The molecule has 102 valence electrons. The maximum absolute atomic E-state index is 11.6. The van der Waals surface area contributed by atoms with Crippen molar-refractivity contribution >= 4 is 21.7 Å². The Hall–Kier alpha value is -1.38. The molecular formula is C10H18N4O3S. The highest BCUT2D eigenvalue weighted by molar-refractivity contribution is 7.90. The molecule has 0 spiro atoms. The Morgan fingerprint density at radius 3 is 2.61 bits per heavy atom. The molecule has 8 heteroatoms. The predicted molar refractivity (Wildman–Crippen MR) is 70.8 cm³/mol. The Labute approximate surface area is 107 Å². The van der Waals surface area contributed by atoms with Crippen LogP contribution in [0.15, 0.2) is 18.3 Å². The number of ether oxygens (including phenoxy) is 1. The molecule has 0 aliphatic rings. The molecule has 0 aliphatic heterocycles. The number of nitrogens with zero attached hydrogens (tertiary/aromatic N) is 2. The molecule has 0 radical (unpaired) electrons. The van der Waals surface area contributed by atoms with E-state index in [2.05, 4.69) is 15.0 Å². The van der Waals surface area contributed by atoms with Crippen LogP contribution in [0.3, 0.4) is 0 Å². The maximum Gasteiger partial charge on any atom is 0.301 e. The third-order valence-electron chi connectivity index (χ3n) is 2.10. The van der Waals surface area contributed by atoms with E-state index in [4.69, 9.17) is 4.74 Å². The van der Waals surface area contributed by atoms with Crippen LogP contribution in [0.25, 0.3) is 0 Å². The number of hydrogen-bond acceptors (Lipinski definition) is 5. The number of methoxy groups -OCH3 is 1. The minimum atomic E-state index is -3.48. The molecule has 2 N–H and O–H groups in total. The fraction of sp³-hybridized carbons (Fsp3) is 0.500. The van der Waals surface area contributed by atoms with Crippen LogP contribution in [-0.4, -0.2) is 52.1 Å². The topological polar surface area (TPSA) is 83.6 Å². The van der Waals surface area contributed by atoms with Gasteiger partial charge in [0.2, 0.25) is 0 Å². The summed E-state index contributed by atoms with van der Waals surface area (Å²) >= 11 is 0. The molecule has 1 aromatic rings. The molecule has 18 heavy (non-hydrogen) atoms. The van der Waals surface area contributed by atoms with Gasteiger partial charge in [0.15, 0.2) is 0 Å². The number of pyridine rings is 1. The number of anilines is 2. The lowest BCUT2D eigenvalue weighted by molar-refractivity contribution is 0.210. The second-order valence-corrected chi connectivity index (χ2v) is 5.63. The van der Waals surface area contributed by atoms with Gasteiger partial charge in [0.05, 0.1) is 18.5 Å². The molecule has 0 atom stereocenters. The lowest BCUT2D eigenvalue weighted by Gasteiger charge is -2.13. The molecule has 1 heterocycles. The normalized spacial score (nSPS) is 11.6. The third kappa shape index (κ3) is 4.47. The Balaban J connectivity index is 2.61. The lowest BCUT2D eigenvalue weighted by atomic mass is 10.4. The van der Waals surface area contributed by atoms with Crippen LogP contribution in [0.1, 0.15) is 0 Å². The molecule has 0 unspecified atom stereocenters. The van der Waals surface area contributed by atoms with Crippen molar-refractivity contribution in [3.05, 3.63) is 18.3 Å². The Morgan fingerprint density at radius 1 is 1.39 bits per heavy atom. The molecule has 0 saturated heterocycles. The van der Waals surface area contributed by atoms with Gasteiger partial charge in [-0.2, -0.15) is 12.7 Å². The van der Waals surface area contributed by atoms with Crippen molar-refractivity contribution in [3.8, 4) is 0 Å². The van der Waals surface area contributed by atoms with Gasteiger partial charge < -0.3 is 10.1 Å². The third-order valence-corrected chi connectivity index (χ3v) is 3.56. The van der Waals surface area contributed by atoms with E-state index >= 15 is 0 Å². The summed E-state index contributed by atoms with van der Waals surface area (Å²) in [5, 5.41) is 3.03. The molecular weight excluding hydrogens is 256 g/mol. The van der Waals surface area contributed by atoms with Gasteiger partial charge in [-0.15, -0.1) is 0 Å². The molecule has 0 aromatic carbocycles. The zero-order chi connectivity index (χ0) is 13.6. The Morgan fingerprint density at radius 2 is 2.11 bits per heavy atom. The molecule has 0 bridgehead atoms. The van der Waals surface area contributed by atoms with E-state index in [0.29, 0.717) is 24.7 Å². The minimum absolute atomic E-state index is 0.418. The summed E-state index contributed by atoms with van der Waals surface area (Å²) in [6.07, 6.45) is 1.45. The first kappa shape index (κ1) is 14.7. The van der Waals surface area contributed by atoms with E-state index in [1.54, 1.807) is 19.2 Å². The van der Waals surface area contributed by atoms with Crippen LogP contribution in [-0.2, 0) is 14.9 Å². The summed E-state index contributed by atoms with van der Waals surface area (Å²) < 4.78 is 31.5. The summed E-state index contributed by atoms with van der Waals surface area (Å²) in [5.74, 6) is 0.667. The fourth-order valence-corrected chi connectivity index (χ4v) is 1.68. The van der Waals surface area contributed by atoms with E-state index in [-0.39, 0.29) is 0 Å². The van der Waals surface area contributed by atoms with Crippen molar-refractivity contribution in [3.63, 3.8) is 0 Å². The van der Waals surface area contributed by atoms with E-state index in [1.165, 1.54) is 20.3 Å². The zero-order valence-electron chi connectivity index (χ0n) is 10.7. The van der Waals surface area contributed by atoms with E-state index in [1.807, 2.05) is 0 Å². The molecule has 1 aromatic heterocycles. The van der Waals surface area contributed by atoms with Crippen LogP contribution >= 0.6 is 0 Å². The second-order valence-electron chi connectivity index (χ2n) is 3.74. The summed E-state index contributed by atoms with van der Waals surface area (Å²) in [5.41, 5.74) is 0.418. The maximum atomic E-state index is 11.6. The minimum Gasteiger partial charge on any atom is -0.383 e. The highest BCUT2D eigenvalue weighted by Crippen LogP contribution is 2.11. The number of rotatable bonds is 7. The van der Waals surface area contributed by atoms with E-state index < -0.39 is 10.2 Å². The molecule has 0 amide bonds. The largest absolute Gasteiger partial charge is 0.383 e. The van der Waals surface area contributed by atoms with Gasteiger partial charge in [0.25, 0.3) is 0 Å². The number of nitrogens with one attached hydrogen (secondary N) is 2. The highest BCUT2D eigenvalue weighted by Gasteiger charge is 2.12. The van der Waals surface area contributed by atoms with Gasteiger partial charge in [0, 0.05) is 27.7 Å². The van der Waals surface area contributed by atoms with Gasteiger partial charge in [-0.1, -0.05) is 0 Å². The smallest absolute Gasteiger partial charge is 0.301 e. The molecule has 0 saturated carbocycles. The monoisotopic (exact) mass is 274 g/mol. The Bertz CT molecular complexity index is 459. The number of aromatic nitrogens is 1. The molecule has 0 fully saturated rings. The fourth-order valence-electron chi connectivity index (χ4n) is 1.08. The van der Waals surface area contributed by atoms with Crippen molar-refractivity contribution in [2.45, 2.75) is 0 Å². The first-order valence-corrected chi connectivity index (χ1v) is 6.79. The van der Waals surface area contributed by atoms with Crippen LogP contribution in [0.2, 0.25) is 0 Å². The average molecular weight is 274 g/mol. The first-order chi connectivity index (χ1) is 8.45. The lowest BCUT2D eigenvalue weighted by Crippen LogP contribution is -2.28. The zero-order valence-corrected chi connectivity index (χ0v) is 11.5. The van der Waals surface area contributed by atoms with Crippen LogP contribution < -0.4 is 10.0 Å². The van der Waals surface area contributed by atoms with Gasteiger partial charge in [0.1, 0.15) is 5.82 Å². The Kier molecular flexibility index (Phi) is 5.32. The second kappa shape index (κ2) is 6.53. The standard InChI is InChI=1S/C10H18N4O3S/c1-14(2)18(15,16)13-9-4-5-10(12-8-9)11-6-7-17-3/h4-5,8,13H,6-7H2,1-3H3,(H,11,12). The summed E-state index contributed by atoms with van der Waals surface area (Å²) in [6.45, 7) is 1.23. The van der Waals surface area contributed by atoms with Gasteiger partial charge in [-0.05, 0) is 12.1 Å². The first-order valence-electron chi connectivity index (χ1n) is 5.35. The van der Waals surface area contributed by atoms with Crippen molar-refractivity contribution in [1.29, 1.82) is 0 Å². The van der Waals surface area contributed by atoms with Crippen molar-refractivity contribution < 1.29 is 13.2 Å². The quantitative estimate of drug-likeness (QED) is 0.701. The molecule has 0 aliphatic carbocycles. The average Bonchev–Trinajstić information content (AvgIpc) is 2.31. The van der Waals surface area contributed by atoms with Gasteiger partial charge in [-0.3, -0.25) is 4.72 Å². The summed E-state index contributed by atoms with van der Waals surface area (Å²) in [7, 11) is 1.05. The van der Waals surface area contributed by atoms with Crippen LogP contribution in [0.4, 0.5) is 11.5 Å². The summed E-state index contributed by atoms with van der Waals surface area (Å²) in [4.78, 5) is 4.08. The highest BCUT2D eigenvalue weighted by atomic mass is 32.2. The van der Waals surface area contributed by atoms with Crippen molar-refractivity contribution in [1.82, 2.24) is 9.29 Å². The van der Waals surface area contributed by atoms with Crippen LogP contribution in [0, 0.1) is 0 Å². The van der Waals surface area contributed by atoms with E-state index in [0.717, 1.165) is 4.31 Å². The van der Waals surface area contributed by atoms with Gasteiger partial charge in [-0.25, -0.2) is 4.98 Å². The van der Waals surface area contributed by atoms with E-state index in [9.17, 15) is 8.42 Å². The number of hydrogen-bond donors (Lipinski definition) is 2. The predicted octanol–water partition coefficient (Wildman–Crippen LogP) is 0.358. The molecule has 1 rings (SSSR count). The SMILES string of the molecule is COCCNc1ccc(NS(=O)(=O)N(C)C)cn1. The van der Waals surface area contributed by atoms with Gasteiger partial charge >= 0.3 is 10.2 Å². The van der Waals surface area contributed by atoms with Crippen molar-refractivity contribution in [2.75, 3.05) is 44.4 Å².